The van der Waals surface area contributed by atoms with Crippen molar-refractivity contribution in [2.45, 2.75) is 24.8 Å². The second kappa shape index (κ2) is 4.91. The van der Waals surface area contributed by atoms with E-state index in [1.54, 1.807) is 24.3 Å². The van der Waals surface area contributed by atoms with E-state index in [2.05, 4.69) is 11.9 Å². The number of carbonyl (C=O) groups excluding carboxylic acids is 4. The lowest BCUT2D eigenvalue weighted by molar-refractivity contribution is -0.141. The molecule has 6 heteroatoms. The Morgan fingerprint density at radius 1 is 1.14 bits per heavy atom. The molecule has 1 aromatic rings. The molecule has 0 bridgehead atoms. The average Bonchev–Trinajstić information content (AvgIpc) is 2.76. The minimum absolute atomic E-state index is 0.0764. The van der Waals surface area contributed by atoms with Crippen LogP contribution in [0.15, 0.2) is 36.9 Å². The number of hydrogen-bond donors (Lipinski definition) is 1. The third-order valence-corrected chi connectivity index (χ3v) is 4.15. The number of imide groups is 2. The summed E-state index contributed by atoms with van der Waals surface area (Å²) in [5.74, 6) is -2.04. The van der Waals surface area contributed by atoms with Crippen LogP contribution < -0.4 is 5.32 Å². The Kier molecular flexibility index (Phi) is 3.16. The summed E-state index contributed by atoms with van der Waals surface area (Å²) in [5.41, 5.74) is -0.829. The smallest absolute Gasteiger partial charge is 0.262 e. The van der Waals surface area contributed by atoms with E-state index in [0.717, 1.165) is 4.90 Å². The van der Waals surface area contributed by atoms with Gasteiger partial charge in [0.05, 0.1) is 11.1 Å². The van der Waals surface area contributed by atoms with Crippen molar-refractivity contribution in [2.24, 2.45) is 0 Å². The molecule has 0 saturated carbocycles. The zero-order chi connectivity index (χ0) is 15.9. The van der Waals surface area contributed by atoms with Crippen LogP contribution in [-0.2, 0) is 9.59 Å². The lowest BCUT2D eigenvalue weighted by Crippen LogP contribution is -2.64. The number of nitrogens with one attached hydrogen (secondary N) is 1. The predicted octanol–water partition coefficient (Wildman–Crippen LogP) is 1.03. The van der Waals surface area contributed by atoms with Crippen LogP contribution >= 0.6 is 0 Å². The van der Waals surface area contributed by atoms with Crippen LogP contribution in [0.3, 0.4) is 0 Å². The van der Waals surface area contributed by atoms with Crippen LogP contribution in [0.2, 0.25) is 0 Å². The van der Waals surface area contributed by atoms with Crippen LogP contribution in [0.5, 0.6) is 0 Å². The molecule has 0 radical (unpaired) electrons. The number of carbonyl (C=O) groups is 4. The number of rotatable bonds is 3. The van der Waals surface area contributed by atoms with Gasteiger partial charge in [0.15, 0.2) is 0 Å². The zero-order valence-corrected chi connectivity index (χ0v) is 11.8. The topological polar surface area (TPSA) is 83.6 Å². The molecule has 1 N–H and O–H groups in total. The molecule has 4 amide bonds. The van der Waals surface area contributed by atoms with Crippen molar-refractivity contribution < 1.29 is 19.2 Å². The third kappa shape index (κ3) is 1.80. The highest BCUT2D eigenvalue weighted by Crippen LogP contribution is 2.36. The number of fused-ring (bicyclic) bond motifs is 1. The number of benzene rings is 1. The molecule has 0 spiro atoms. The Balaban J connectivity index is 2.10. The predicted molar refractivity (Wildman–Crippen MR) is 76.9 cm³/mol. The van der Waals surface area contributed by atoms with Crippen LogP contribution in [0.4, 0.5) is 0 Å². The molecule has 2 aliphatic heterocycles. The molecule has 1 saturated heterocycles. The quantitative estimate of drug-likeness (QED) is 0.667. The van der Waals surface area contributed by atoms with Gasteiger partial charge in [-0.1, -0.05) is 18.2 Å². The van der Waals surface area contributed by atoms with Crippen molar-refractivity contribution in [3.8, 4) is 0 Å². The van der Waals surface area contributed by atoms with Crippen molar-refractivity contribution in [3.05, 3.63) is 48.0 Å². The van der Waals surface area contributed by atoms with E-state index >= 15 is 0 Å². The number of piperidine rings is 1. The van der Waals surface area contributed by atoms with Gasteiger partial charge in [-0.3, -0.25) is 29.4 Å². The molecule has 0 aromatic heterocycles. The van der Waals surface area contributed by atoms with Crippen molar-refractivity contribution in [1.82, 2.24) is 10.2 Å². The van der Waals surface area contributed by atoms with Crippen molar-refractivity contribution in [3.63, 3.8) is 0 Å². The van der Waals surface area contributed by atoms with Crippen molar-refractivity contribution in [2.75, 3.05) is 0 Å². The molecule has 0 aliphatic carbocycles. The van der Waals surface area contributed by atoms with Gasteiger partial charge in [-0.25, -0.2) is 0 Å². The zero-order valence-electron chi connectivity index (χ0n) is 11.8. The molecule has 1 unspecified atom stereocenters. The highest BCUT2D eigenvalue weighted by molar-refractivity contribution is 6.24. The van der Waals surface area contributed by atoms with Crippen molar-refractivity contribution in [1.29, 1.82) is 0 Å². The van der Waals surface area contributed by atoms with Gasteiger partial charge < -0.3 is 0 Å². The van der Waals surface area contributed by atoms with E-state index in [9.17, 15) is 19.2 Å². The summed E-state index contributed by atoms with van der Waals surface area (Å²) in [5, 5.41) is 2.23. The molecule has 1 aromatic carbocycles. The number of hydrogen-bond acceptors (Lipinski definition) is 4. The number of amides is 4. The summed E-state index contributed by atoms with van der Waals surface area (Å²) in [7, 11) is 0. The molecule has 22 heavy (non-hydrogen) atoms. The van der Waals surface area contributed by atoms with Crippen LogP contribution in [0.25, 0.3) is 0 Å². The van der Waals surface area contributed by atoms with E-state index in [-0.39, 0.29) is 30.4 Å². The maximum Gasteiger partial charge on any atom is 0.262 e. The molecule has 6 nitrogen and oxygen atoms in total. The molecule has 3 rings (SSSR count). The first-order valence-corrected chi connectivity index (χ1v) is 6.94. The molecular weight excluding hydrogens is 284 g/mol. The van der Waals surface area contributed by atoms with E-state index in [4.69, 9.17) is 0 Å². The fraction of sp³-hybridized carbons (Fsp3) is 0.250. The Hall–Kier alpha value is -2.76. The SMILES string of the molecule is C=CCC1(N2C(=O)c3ccccc3C2=O)CCC(=O)NC1=O. The van der Waals surface area contributed by atoms with Gasteiger partial charge in [-0.2, -0.15) is 0 Å². The highest BCUT2D eigenvalue weighted by Gasteiger charge is 2.54. The van der Waals surface area contributed by atoms with E-state index in [1.165, 1.54) is 6.08 Å². The first kappa shape index (κ1) is 14.2. The molecule has 1 fully saturated rings. The molecule has 112 valence electrons. The lowest BCUT2D eigenvalue weighted by Gasteiger charge is -2.40. The summed E-state index contributed by atoms with van der Waals surface area (Å²) in [6, 6.07) is 6.45. The second-order valence-corrected chi connectivity index (χ2v) is 5.39. The Morgan fingerprint density at radius 3 is 2.23 bits per heavy atom. The summed E-state index contributed by atoms with van der Waals surface area (Å²) < 4.78 is 0. The fourth-order valence-corrected chi connectivity index (χ4v) is 3.06. The Morgan fingerprint density at radius 2 is 1.73 bits per heavy atom. The minimum atomic E-state index is -1.39. The van der Waals surface area contributed by atoms with Gasteiger partial charge in [-0.05, 0) is 25.0 Å². The molecule has 2 heterocycles. The fourth-order valence-electron chi connectivity index (χ4n) is 3.06. The highest BCUT2D eigenvalue weighted by atomic mass is 16.2. The van der Waals surface area contributed by atoms with E-state index in [0.29, 0.717) is 0 Å². The van der Waals surface area contributed by atoms with Crippen LogP contribution in [0, 0.1) is 0 Å². The van der Waals surface area contributed by atoms with Crippen LogP contribution in [0.1, 0.15) is 40.0 Å². The van der Waals surface area contributed by atoms with E-state index in [1.807, 2.05) is 0 Å². The van der Waals surface area contributed by atoms with Gasteiger partial charge in [0.2, 0.25) is 5.91 Å². The van der Waals surface area contributed by atoms with Gasteiger partial charge >= 0.3 is 0 Å². The first-order valence-electron chi connectivity index (χ1n) is 6.94. The monoisotopic (exact) mass is 298 g/mol. The minimum Gasteiger partial charge on any atom is -0.294 e. The molecule has 1 atom stereocenters. The van der Waals surface area contributed by atoms with Gasteiger partial charge in [-0.15, -0.1) is 6.58 Å². The summed E-state index contributed by atoms with van der Waals surface area (Å²) in [6.45, 7) is 3.61. The van der Waals surface area contributed by atoms with Gasteiger partial charge in [0, 0.05) is 6.42 Å². The maximum absolute atomic E-state index is 12.6. The summed E-state index contributed by atoms with van der Waals surface area (Å²) >= 11 is 0. The Labute approximate surface area is 126 Å². The first-order chi connectivity index (χ1) is 10.5. The molecule has 2 aliphatic rings. The van der Waals surface area contributed by atoms with Gasteiger partial charge in [0.25, 0.3) is 17.7 Å². The molecular formula is C16H14N2O4. The normalized spacial score (nSPS) is 24.3. The van der Waals surface area contributed by atoms with E-state index < -0.39 is 29.2 Å². The third-order valence-electron chi connectivity index (χ3n) is 4.15. The van der Waals surface area contributed by atoms with Crippen molar-refractivity contribution >= 4 is 23.6 Å². The summed E-state index contributed by atoms with van der Waals surface area (Å²) in [6.07, 6.45) is 1.78. The summed E-state index contributed by atoms with van der Waals surface area (Å²) in [4.78, 5) is 50.1. The largest absolute Gasteiger partial charge is 0.294 e. The average molecular weight is 298 g/mol. The standard InChI is InChI=1S/C16H14N2O4/c1-2-8-16(9-7-12(19)17-15(16)22)18-13(20)10-5-3-4-6-11(10)14(18)21/h2-6H,1,7-9H2,(H,17,19,22). The second-order valence-electron chi connectivity index (χ2n) is 5.39. The van der Waals surface area contributed by atoms with Gasteiger partial charge in [0.1, 0.15) is 5.54 Å². The maximum atomic E-state index is 12.6. The Bertz CT molecular complexity index is 690. The number of nitrogens with zero attached hydrogens (tertiary/aromatic N) is 1. The van der Waals surface area contributed by atoms with Crippen LogP contribution in [-0.4, -0.2) is 34.1 Å². The lowest BCUT2D eigenvalue weighted by atomic mass is 9.83.